The molecule has 0 aliphatic carbocycles. The van der Waals surface area contributed by atoms with Gasteiger partial charge in [-0.25, -0.2) is 14.5 Å². The van der Waals surface area contributed by atoms with Crippen LogP contribution in [-0.4, -0.2) is 81.1 Å². The summed E-state index contributed by atoms with van der Waals surface area (Å²) in [5.74, 6) is 1.59. The summed E-state index contributed by atoms with van der Waals surface area (Å²) in [6, 6.07) is 2.01. The second-order valence-corrected chi connectivity index (χ2v) is 10.5. The number of ether oxygens (including phenoxy) is 1. The first-order chi connectivity index (χ1) is 16.4. The van der Waals surface area contributed by atoms with Crippen LogP contribution in [0.15, 0.2) is 18.6 Å². The molecule has 1 amide bonds. The summed E-state index contributed by atoms with van der Waals surface area (Å²) in [6.07, 6.45) is 5.58. The van der Waals surface area contributed by atoms with Crippen LogP contribution in [0.25, 0.3) is 27.3 Å². The number of likely N-dealkylation sites (tertiary alicyclic amines) is 1. The summed E-state index contributed by atoms with van der Waals surface area (Å²) in [4.78, 5) is 30.2. The number of pyridine rings is 1. The van der Waals surface area contributed by atoms with Crippen molar-refractivity contribution in [3.05, 3.63) is 29.2 Å². The summed E-state index contributed by atoms with van der Waals surface area (Å²) in [5.41, 5.74) is 5.04. The SMILES string of the molecule is COc1cc(-c2[nH]c3sc(C4CCN(CC(=O)N(C)C)CC4)nc3c2C(C)C)cn2ncnc12. The van der Waals surface area contributed by atoms with Crippen LogP contribution in [-0.2, 0) is 4.79 Å². The monoisotopic (exact) mass is 481 g/mol. The Kier molecular flexibility index (Phi) is 6.03. The first-order valence-electron chi connectivity index (χ1n) is 11.7. The number of likely N-dealkylation sites (N-methyl/N-ethyl adjacent to an activating group) is 1. The van der Waals surface area contributed by atoms with Crippen molar-refractivity contribution in [3.8, 4) is 17.0 Å². The van der Waals surface area contributed by atoms with Crippen LogP contribution in [0, 0.1) is 0 Å². The number of nitrogens with zero attached hydrogens (tertiary/aromatic N) is 6. The maximum Gasteiger partial charge on any atom is 0.236 e. The fourth-order valence-electron chi connectivity index (χ4n) is 4.72. The van der Waals surface area contributed by atoms with Gasteiger partial charge in [-0.15, -0.1) is 11.3 Å². The minimum atomic E-state index is 0.163. The molecule has 0 radical (unpaired) electrons. The van der Waals surface area contributed by atoms with Gasteiger partial charge in [-0.05, 0) is 37.9 Å². The van der Waals surface area contributed by atoms with E-state index >= 15 is 0 Å². The molecule has 1 aliphatic rings. The summed E-state index contributed by atoms with van der Waals surface area (Å²) in [6.45, 7) is 6.77. The molecule has 1 saturated heterocycles. The molecule has 1 N–H and O–H groups in total. The molecule has 0 aromatic carbocycles. The second kappa shape index (κ2) is 8.99. The van der Waals surface area contributed by atoms with E-state index in [1.54, 1.807) is 27.9 Å². The number of amides is 1. The summed E-state index contributed by atoms with van der Waals surface area (Å²) < 4.78 is 7.32. The van der Waals surface area contributed by atoms with Crippen LogP contribution in [0.5, 0.6) is 5.75 Å². The Morgan fingerprint density at radius 2 is 2.09 bits per heavy atom. The van der Waals surface area contributed by atoms with E-state index in [0.29, 0.717) is 29.8 Å². The predicted molar refractivity (Wildman–Crippen MR) is 134 cm³/mol. The van der Waals surface area contributed by atoms with Gasteiger partial charge in [0.2, 0.25) is 5.91 Å². The zero-order valence-corrected chi connectivity index (χ0v) is 21.1. The van der Waals surface area contributed by atoms with Gasteiger partial charge in [-0.2, -0.15) is 5.10 Å². The number of methoxy groups -OCH3 is 1. The molecule has 34 heavy (non-hydrogen) atoms. The molecule has 10 heteroatoms. The molecule has 1 aliphatic heterocycles. The molecule has 0 bridgehead atoms. The minimum Gasteiger partial charge on any atom is -0.493 e. The normalized spacial score (nSPS) is 15.6. The third kappa shape index (κ3) is 4.05. The van der Waals surface area contributed by atoms with E-state index in [1.807, 2.05) is 26.4 Å². The molecule has 9 nitrogen and oxygen atoms in total. The van der Waals surface area contributed by atoms with Gasteiger partial charge >= 0.3 is 0 Å². The van der Waals surface area contributed by atoms with E-state index in [1.165, 1.54) is 16.9 Å². The summed E-state index contributed by atoms with van der Waals surface area (Å²) in [7, 11) is 5.28. The van der Waals surface area contributed by atoms with Gasteiger partial charge < -0.3 is 14.6 Å². The first kappa shape index (κ1) is 22.8. The van der Waals surface area contributed by atoms with Gasteiger partial charge in [-0.3, -0.25) is 9.69 Å². The minimum absolute atomic E-state index is 0.163. The predicted octanol–water partition coefficient (Wildman–Crippen LogP) is 3.73. The molecule has 180 valence electrons. The lowest BCUT2D eigenvalue weighted by atomic mass is 9.97. The van der Waals surface area contributed by atoms with Crippen LogP contribution >= 0.6 is 11.3 Å². The molecular formula is C24H31N7O2S. The highest BCUT2D eigenvalue weighted by molar-refractivity contribution is 7.18. The Labute approximate surface area is 202 Å². The summed E-state index contributed by atoms with van der Waals surface area (Å²) in [5, 5.41) is 5.50. The number of H-pyrrole nitrogens is 1. The number of hydrogen-bond donors (Lipinski definition) is 1. The number of carbonyl (C=O) groups is 1. The van der Waals surface area contributed by atoms with Crippen molar-refractivity contribution in [2.75, 3.05) is 40.8 Å². The molecule has 0 unspecified atom stereocenters. The summed E-state index contributed by atoms with van der Waals surface area (Å²) >= 11 is 1.76. The molecular weight excluding hydrogens is 450 g/mol. The lowest BCUT2D eigenvalue weighted by Gasteiger charge is -2.31. The van der Waals surface area contributed by atoms with E-state index in [0.717, 1.165) is 47.5 Å². The van der Waals surface area contributed by atoms with Crippen LogP contribution < -0.4 is 4.74 Å². The van der Waals surface area contributed by atoms with Gasteiger partial charge in [0.25, 0.3) is 0 Å². The molecule has 0 saturated carbocycles. The number of aromatic amines is 1. The topological polar surface area (TPSA) is 91.7 Å². The first-order valence-corrected chi connectivity index (χ1v) is 12.5. The van der Waals surface area contributed by atoms with Crippen molar-refractivity contribution >= 4 is 33.2 Å². The average molecular weight is 482 g/mol. The number of aromatic nitrogens is 5. The number of hydrogen-bond acceptors (Lipinski definition) is 7. The van der Waals surface area contributed by atoms with Gasteiger partial charge in [0.1, 0.15) is 16.7 Å². The zero-order chi connectivity index (χ0) is 24.0. The van der Waals surface area contributed by atoms with Crippen LogP contribution in [0.4, 0.5) is 0 Å². The van der Waals surface area contributed by atoms with Crippen molar-refractivity contribution in [1.82, 2.24) is 34.4 Å². The van der Waals surface area contributed by atoms with Crippen LogP contribution in [0.2, 0.25) is 0 Å². The lowest BCUT2D eigenvalue weighted by molar-refractivity contribution is -0.130. The highest BCUT2D eigenvalue weighted by Gasteiger charge is 2.27. The van der Waals surface area contributed by atoms with Crippen molar-refractivity contribution in [1.29, 1.82) is 0 Å². The van der Waals surface area contributed by atoms with E-state index in [4.69, 9.17) is 9.72 Å². The molecule has 4 aromatic rings. The average Bonchev–Trinajstić information content (AvgIpc) is 3.52. The fraction of sp³-hybridized carbons (Fsp3) is 0.500. The maximum absolute atomic E-state index is 12.0. The third-order valence-electron chi connectivity index (χ3n) is 6.63. The van der Waals surface area contributed by atoms with E-state index in [9.17, 15) is 4.79 Å². The molecule has 5 heterocycles. The lowest BCUT2D eigenvalue weighted by Crippen LogP contribution is -2.40. The molecule has 1 fully saturated rings. The Balaban J connectivity index is 1.43. The largest absolute Gasteiger partial charge is 0.493 e. The van der Waals surface area contributed by atoms with Crippen LogP contribution in [0.3, 0.4) is 0 Å². The number of rotatable bonds is 6. The van der Waals surface area contributed by atoms with E-state index in [-0.39, 0.29) is 5.91 Å². The molecule has 0 atom stereocenters. The van der Waals surface area contributed by atoms with Gasteiger partial charge in [0.15, 0.2) is 11.4 Å². The quantitative estimate of drug-likeness (QED) is 0.451. The third-order valence-corrected chi connectivity index (χ3v) is 7.76. The molecule has 4 aromatic heterocycles. The zero-order valence-electron chi connectivity index (χ0n) is 20.3. The van der Waals surface area contributed by atoms with Gasteiger partial charge in [0, 0.05) is 37.3 Å². The Morgan fingerprint density at radius 1 is 1.32 bits per heavy atom. The number of fused-ring (bicyclic) bond motifs is 2. The number of carbonyl (C=O) groups excluding carboxylic acids is 1. The van der Waals surface area contributed by atoms with Crippen molar-refractivity contribution < 1.29 is 9.53 Å². The van der Waals surface area contributed by atoms with Gasteiger partial charge in [-0.1, -0.05) is 13.8 Å². The highest BCUT2D eigenvalue weighted by atomic mass is 32.1. The van der Waals surface area contributed by atoms with Crippen molar-refractivity contribution in [2.24, 2.45) is 0 Å². The molecule has 5 rings (SSSR count). The van der Waals surface area contributed by atoms with Gasteiger partial charge in [0.05, 0.1) is 24.4 Å². The second-order valence-electron chi connectivity index (χ2n) is 9.46. The smallest absolute Gasteiger partial charge is 0.236 e. The van der Waals surface area contributed by atoms with E-state index < -0.39 is 0 Å². The fourth-order valence-corrected chi connectivity index (χ4v) is 5.87. The Bertz CT molecular complexity index is 1330. The maximum atomic E-state index is 12.0. The van der Waals surface area contributed by atoms with Crippen LogP contribution in [0.1, 0.15) is 49.1 Å². The Hall–Kier alpha value is -2.98. The Morgan fingerprint density at radius 3 is 2.76 bits per heavy atom. The number of nitrogens with one attached hydrogen (secondary N) is 1. The standard InChI is InChI=1S/C24H31N7O2S/c1-14(2)19-20(16-10-17(33-5)22-25-13-26-31(22)11-16)27-24-21(19)28-23(34-24)15-6-8-30(9-7-15)12-18(32)29(3)4/h10-11,13-15,27H,6-9,12H2,1-5H3. The highest BCUT2D eigenvalue weighted by Crippen LogP contribution is 2.41. The van der Waals surface area contributed by atoms with Crippen molar-refractivity contribution in [3.63, 3.8) is 0 Å². The number of piperidine rings is 1. The van der Waals surface area contributed by atoms with E-state index in [2.05, 4.69) is 33.8 Å². The van der Waals surface area contributed by atoms with Crippen molar-refractivity contribution in [2.45, 2.75) is 38.5 Å². The number of thiazole rings is 1. The molecule has 0 spiro atoms.